The summed E-state index contributed by atoms with van der Waals surface area (Å²) >= 11 is 0. The lowest BCUT2D eigenvalue weighted by Gasteiger charge is -2.06. The standard InChI is InChI=1S/C17H15FO3/c1-12(19)14-4-8-17(9-5-14)21-11-16(20)10-13-2-6-15(18)7-3-13/h2-9H,10-11H2,1H3. The molecule has 0 radical (unpaired) electrons. The largest absolute Gasteiger partial charge is 0.486 e. The van der Waals surface area contributed by atoms with Gasteiger partial charge in [-0.2, -0.15) is 0 Å². The van der Waals surface area contributed by atoms with Gasteiger partial charge < -0.3 is 4.74 Å². The minimum Gasteiger partial charge on any atom is -0.486 e. The third-order valence-electron chi connectivity index (χ3n) is 2.98. The van der Waals surface area contributed by atoms with Gasteiger partial charge in [-0.25, -0.2) is 4.39 Å². The Morgan fingerprint density at radius 2 is 1.62 bits per heavy atom. The van der Waals surface area contributed by atoms with Gasteiger partial charge in [0.15, 0.2) is 11.6 Å². The van der Waals surface area contributed by atoms with E-state index in [0.717, 1.165) is 5.56 Å². The molecule has 2 aromatic carbocycles. The van der Waals surface area contributed by atoms with Gasteiger partial charge in [-0.05, 0) is 48.9 Å². The van der Waals surface area contributed by atoms with Crippen LogP contribution in [-0.2, 0) is 11.2 Å². The molecule has 0 unspecified atom stereocenters. The molecular weight excluding hydrogens is 271 g/mol. The number of ketones is 2. The molecule has 2 rings (SSSR count). The van der Waals surface area contributed by atoms with Crippen molar-refractivity contribution in [2.75, 3.05) is 6.61 Å². The van der Waals surface area contributed by atoms with Crippen LogP contribution < -0.4 is 4.74 Å². The Hall–Kier alpha value is -2.49. The van der Waals surface area contributed by atoms with E-state index in [-0.39, 0.29) is 30.4 Å². The van der Waals surface area contributed by atoms with Crippen LogP contribution in [0, 0.1) is 5.82 Å². The Balaban J connectivity index is 1.86. The second kappa shape index (κ2) is 6.79. The first-order chi connectivity index (χ1) is 10.0. The fourth-order valence-electron chi connectivity index (χ4n) is 1.83. The number of Topliss-reactive ketones (excluding diaryl/α,β-unsaturated/α-hetero) is 2. The number of ether oxygens (including phenoxy) is 1. The maximum atomic E-state index is 12.7. The minimum absolute atomic E-state index is 0.0195. The molecule has 0 aliphatic carbocycles. The molecule has 0 aliphatic heterocycles. The fraction of sp³-hybridized carbons (Fsp3) is 0.176. The normalized spacial score (nSPS) is 10.2. The number of hydrogen-bond acceptors (Lipinski definition) is 3. The summed E-state index contributed by atoms with van der Waals surface area (Å²) in [6.45, 7) is 1.43. The van der Waals surface area contributed by atoms with Gasteiger partial charge in [0.05, 0.1) is 0 Å². The van der Waals surface area contributed by atoms with Crippen molar-refractivity contribution in [3.05, 3.63) is 65.5 Å². The van der Waals surface area contributed by atoms with Crippen LogP contribution in [0.15, 0.2) is 48.5 Å². The van der Waals surface area contributed by atoms with Crippen LogP contribution in [-0.4, -0.2) is 18.2 Å². The highest BCUT2D eigenvalue weighted by Gasteiger charge is 2.06. The average molecular weight is 286 g/mol. The van der Waals surface area contributed by atoms with Crippen molar-refractivity contribution >= 4 is 11.6 Å². The molecule has 108 valence electrons. The SMILES string of the molecule is CC(=O)c1ccc(OCC(=O)Cc2ccc(F)cc2)cc1. The monoisotopic (exact) mass is 286 g/mol. The number of rotatable bonds is 6. The molecular formula is C17H15FO3. The summed E-state index contributed by atoms with van der Waals surface area (Å²) in [5.74, 6) is 0.0895. The first-order valence-corrected chi connectivity index (χ1v) is 6.54. The molecule has 0 saturated heterocycles. The zero-order chi connectivity index (χ0) is 15.2. The van der Waals surface area contributed by atoms with Crippen molar-refractivity contribution in [1.82, 2.24) is 0 Å². The molecule has 0 amide bonds. The van der Waals surface area contributed by atoms with Crippen LogP contribution in [0.1, 0.15) is 22.8 Å². The Kier molecular flexibility index (Phi) is 4.82. The predicted octanol–water partition coefficient (Wildman–Crippen LogP) is 3.22. The molecule has 0 saturated carbocycles. The maximum absolute atomic E-state index is 12.7. The summed E-state index contributed by atoms with van der Waals surface area (Å²) in [6.07, 6.45) is 0.200. The van der Waals surface area contributed by atoms with E-state index in [9.17, 15) is 14.0 Å². The van der Waals surface area contributed by atoms with Gasteiger partial charge in [0, 0.05) is 12.0 Å². The van der Waals surface area contributed by atoms with E-state index in [1.165, 1.54) is 19.1 Å². The van der Waals surface area contributed by atoms with E-state index in [1.54, 1.807) is 36.4 Å². The highest BCUT2D eigenvalue weighted by atomic mass is 19.1. The molecule has 0 bridgehead atoms. The van der Waals surface area contributed by atoms with E-state index in [0.29, 0.717) is 11.3 Å². The van der Waals surface area contributed by atoms with Gasteiger partial charge in [-0.3, -0.25) is 9.59 Å². The van der Waals surface area contributed by atoms with Gasteiger partial charge in [-0.15, -0.1) is 0 Å². The zero-order valence-electron chi connectivity index (χ0n) is 11.6. The minimum atomic E-state index is -0.326. The second-order valence-electron chi connectivity index (χ2n) is 4.71. The lowest BCUT2D eigenvalue weighted by Crippen LogP contribution is -2.13. The van der Waals surface area contributed by atoms with E-state index >= 15 is 0 Å². The molecule has 0 aromatic heterocycles. The van der Waals surface area contributed by atoms with Crippen molar-refractivity contribution in [3.8, 4) is 5.75 Å². The first kappa shape index (κ1) is 14.9. The predicted molar refractivity (Wildman–Crippen MR) is 77.1 cm³/mol. The van der Waals surface area contributed by atoms with Gasteiger partial charge >= 0.3 is 0 Å². The average Bonchev–Trinajstić information content (AvgIpc) is 2.48. The number of hydrogen-bond donors (Lipinski definition) is 0. The third-order valence-corrected chi connectivity index (χ3v) is 2.98. The van der Waals surface area contributed by atoms with Crippen LogP contribution in [0.3, 0.4) is 0 Å². The molecule has 21 heavy (non-hydrogen) atoms. The molecule has 0 spiro atoms. The summed E-state index contributed by atoms with van der Waals surface area (Å²) in [6, 6.07) is 12.4. The highest BCUT2D eigenvalue weighted by molar-refractivity contribution is 5.94. The lowest BCUT2D eigenvalue weighted by molar-refractivity contribution is -0.120. The number of carbonyl (C=O) groups is 2. The topological polar surface area (TPSA) is 43.4 Å². The summed E-state index contributed by atoms with van der Waals surface area (Å²) in [5, 5.41) is 0. The molecule has 2 aromatic rings. The fourth-order valence-corrected chi connectivity index (χ4v) is 1.83. The molecule has 4 heteroatoms. The Morgan fingerprint density at radius 3 is 2.19 bits per heavy atom. The Morgan fingerprint density at radius 1 is 1.00 bits per heavy atom. The van der Waals surface area contributed by atoms with Crippen molar-refractivity contribution < 1.29 is 18.7 Å². The third kappa shape index (κ3) is 4.53. The van der Waals surface area contributed by atoms with E-state index in [2.05, 4.69) is 0 Å². The molecule has 0 fully saturated rings. The summed E-state index contributed by atoms with van der Waals surface area (Å²) in [7, 11) is 0. The van der Waals surface area contributed by atoms with Crippen LogP contribution in [0.25, 0.3) is 0 Å². The van der Waals surface area contributed by atoms with Gasteiger partial charge in [-0.1, -0.05) is 12.1 Å². The number of halogens is 1. The van der Waals surface area contributed by atoms with E-state index in [1.807, 2.05) is 0 Å². The summed E-state index contributed by atoms with van der Waals surface area (Å²) < 4.78 is 18.1. The van der Waals surface area contributed by atoms with Gasteiger partial charge in [0.1, 0.15) is 18.2 Å². The molecule has 3 nitrogen and oxygen atoms in total. The van der Waals surface area contributed by atoms with Crippen LogP contribution in [0.5, 0.6) is 5.75 Å². The van der Waals surface area contributed by atoms with E-state index < -0.39 is 0 Å². The van der Waals surface area contributed by atoms with Gasteiger partial charge in [0.25, 0.3) is 0 Å². The number of benzene rings is 2. The maximum Gasteiger partial charge on any atom is 0.174 e. The zero-order valence-corrected chi connectivity index (χ0v) is 11.6. The van der Waals surface area contributed by atoms with Crippen LogP contribution in [0.4, 0.5) is 4.39 Å². The quantitative estimate of drug-likeness (QED) is 0.766. The Bertz CT molecular complexity index is 630. The second-order valence-corrected chi connectivity index (χ2v) is 4.71. The Labute approximate surface area is 122 Å². The summed E-state index contributed by atoms with van der Waals surface area (Å²) in [4.78, 5) is 22.9. The number of carbonyl (C=O) groups excluding carboxylic acids is 2. The molecule has 0 atom stereocenters. The van der Waals surface area contributed by atoms with Crippen molar-refractivity contribution in [2.24, 2.45) is 0 Å². The lowest BCUT2D eigenvalue weighted by atomic mass is 10.1. The molecule has 0 aliphatic rings. The highest BCUT2D eigenvalue weighted by Crippen LogP contribution is 2.13. The molecule has 0 N–H and O–H groups in total. The van der Waals surface area contributed by atoms with Crippen LogP contribution >= 0.6 is 0 Å². The van der Waals surface area contributed by atoms with Crippen LogP contribution in [0.2, 0.25) is 0 Å². The smallest absolute Gasteiger partial charge is 0.174 e. The van der Waals surface area contributed by atoms with Crippen molar-refractivity contribution in [3.63, 3.8) is 0 Å². The van der Waals surface area contributed by atoms with E-state index in [4.69, 9.17) is 4.74 Å². The van der Waals surface area contributed by atoms with Crippen molar-refractivity contribution in [1.29, 1.82) is 0 Å². The first-order valence-electron chi connectivity index (χ1n) is 6.54. The van der Waals surface area contributed by atoms with Gasteiger partial charge in [0.2, 0.25) is 0 Å². The summed E-state index contributed by atoms with van der Waals surface area (Å²) in [5.41, 5.74) is 1.34. The molecule has 0 heterocycles. The van der Waals surface area contributed by atoms with Crippen molar-refractivity contribution in [2.45, 2.75) is 13.3 Å².